The molecule has 0 saturated heterocycles. The molecule has 0 aliphatic rings. The lowest BCUT2D eigenvalue weighted by molar-refractivity contribution is -0.142. The Bertz CT molecular complexity index is 803. The maximum absolute atomic E-state index is 12.6. The van der Waals surface area contributed by atoms with Crippen LogP contribution in [0.4, 0.5) is 0 Å². The summed E-state index contributed by atoms with van der Waals surface area (Å²) in [6.45, 7) is 3.33. The molecule has 3 amide bonds. The molecule has 0 aromatic heterocycles. The second-order valence-electron chi connectivity index (χ2n) is 8.13. The van der Waals surface area contributed by atoms with Crippen LogP contribution in [0.25, 0.3) is 0 Å². The number of hydrogen-bond acceptors (Lipinski definition) is 7. The number of carboxylic acid groups (broad SMARTS) is 1. The normalized spacial score (nSPS) is 13.6. The Morgan fingerprint density at radius 2 is 1.67 bits per heavy atom. The van der Waals surface area contributed by atoms with Gasteiger partial charge < -0.3 is 31.9 Å². The Labute approximate surface area is 198 Å². The van der Waals surface area contributed by atoms with Crippen LogP contribution in [0, 0.1) is 5.92 Å². The molecule has 7 N–H and O–H groups in total. The van der Waals surface area contributed by atoms with Crippen molar-refractivity contribution in [3.05, 3.63) is 29.8 Å². The number of nitrogens with one attached hydrogen (secondary N) is 3. The summed E-state index contributed by atoms with van der Waals surface area (Å²) in [5.74, 6) is -2.10. The largest absolute Gasteiger partial charge is 0.508 e. The summed E-state index contributed by atoms with van der Waals surface area (Å²) in [7, 11) is 0. The Balaban J connectivity index is 2.62. The summed E-state index contributed by atoms with van der Waals surface area (Å²) in [5.41, 5.74) is 6.64. The topological polar surface area (TPSA) is 171 Å². The third-order valence-electron chi connectivity index (χ3n) is 4.74. The highest BCUT2D eigenvalue weighted by molar-refractivity contribution is 7.98. The third-order valence-corrected chi connectivity index (χ3v) is 5.38. The first kappa shape index (κ1) is 28.2. The monoisotopic (exact) mass is 482 g/mol. The molecule has 1 rings (SSSR count). The number of phenols is 1. The molecule has 33 heavy (non-hydrogen) atoms. The average molecular weight is 483 g/mol. The highest BCUT2D eigenvalue weighted by atomic mass is 32.2. The first-order valence-corrected chi connectivity index (χ1v) is 12.1. The van der Waals surface area contributed by atoms with Gasteiger partial charge in [0, 0.05) is 0 Å². The van der Waals surface area contributed by atoms with Crippen LogP contribution in [0.3, 0.4) is 0 Å². The lowest BCUT2D eigenvalue weighted by atomic mass is 10.0. The minimum atomic E-state index is -1.14. The first-order chi connectivity index (χ1) is 15.5. The lowest BCUT2D eigenvalue weighted by Crippen LogP contribution is -2.54. The van der Waals surface area contributed by atoms with E-state index in [0.717, 1.165) is 5.56 Å². The number of hydrogen-bond donors (Lipinski definition) is 6. The van der Waals surface area contributed by atoms with Crippen molar-refractivity contribution in [1.29, 1.82) is 0 Å². The Morgan fingerprint density at radius 3 is 2.21 bits per heavy atom. The zero-order valence-electron chi connectivity index (χ0n) is 19.2. The molecule has 0 saturated carbocycles. The van der Waals surface area contributed by atoms with E-state index in [4.69, 9.17) is 5.73 Å². The van der Waals surface area contributed by atoms with Gasteiger partial charge >= 0.3 is 5.97 Å². The number of nitrogens with two attached hydrogens (primary N) is 1. The van der Waals surface area contributed by atoms with Crippen molar-refractivity contribution in [3.63, 3.8) is 0 Å². The maximum atomic E-state index is 12.6. The van der Waals surface area contributed by atoms with Gasteiger partial charge in [-0.1, -0.05) is 26.0 Å². The summed E-state index contributed by atoms with van der Waals surface area (Å²) in [6.07, 6.45) is 2.64. The molecule has 184 valence electrons. The van der Waals surface area contributed by atoms with Crippen molar-refractivity contribution in [2.45, 2.75) is 51.2 Å². The average Bonchev–Trinajstić information content (AvgIpc) is 2.75. The van der Waals surface area contributed by atoms with E-state index < -0.39 is 41.8 Å². The molecule has 3 unspecified atom stereocenters. The number of aromatic hydroxyl groups is 1. The van der Waals surface area contributed by atoms with Crippen LogP contribution >= 0.6 is 11.8 Å². The molecule has 0 fully saturated rings. The minimum absolute atomic E-state index is 0.0617. The fraction of sp³-hybridized carbons (Fsp3) is 0.545. The van der Waals surface area contributed by atoms with Gasteiger partial charge in [0.2, 0.25) is 17.7 Å². The van der Waals surface area contributed by atoms with Gasteiger partial charge in [-0.25, -0.2) is 4.79 Å². The van der Waals surface area contributed by atoms with Gasteiger partial charge in [-0.15, -0.1) is 0 Å². The van der Waals surface area contributed by atoms with Gasteiger partial charge in [-0.3, -0.25) is 14.4 Å². The molecule has 11 heteroatoms. The molecule has 0 spiro atoms. The fourth-order valence-electron chi connectivity index (χ4n) is 2.99. The first-order valence-electron chi connectivity index (χ1n) is 10.7. The number of aliphatic carboxylic acids is 1. The van der Waals surface area contributed by atoms with Gasteiger partial charge in [-0.2, -0.15) is 11.8 Å². The van der Waals surface area contributed by atoms with Crippen LogP contribution in [0.2, 0.25) is 0 Å². The molecular weight excluding hydrogens is 448 g/mol. The summed E-state index contributed by atoms with van der Waals surface area (Å²) >= 11 is 1.48. The number of phenolic OH excluding ortho intramolecular Hbond substituents is 1. The molecule has 1 aromatic rings. The maximum Gasteiger partial charge on any atom is 0.326 e. The van der Waals surface area contributed by atoms with Gasteiger partial charge in [0.1, 0.15) is 17.8 Å². The van der Waals surface area contributed by atoms with Crippen LogP contribution < -0.4 is 21.7 Å². The van der Waals surface area contributed by atoms with Gasteiger partial charge in [0.05, 0.1) is 12.6 Å². The lowest BCUT2D eigenvalue weighted by Gasteiger charge is -2.22. The number of rotatable bonds is 14. The molecule has 0 aliphatic carbocycles. The quantitative estimate of drug-likeness (QED) is 0.219. The highest BCUT2D eigenvalue weighted by Gasteiger charge is 2.27. The van der Waals surface area contributed by atoms with E-state index in [0.29, 0.717) is 12.2 Å². The number of carbonyl (C=O) groups excluding carboxylic acids is 3. The van der Waals surface area contributed by atoms with Crippen LogP contribution in [0.1, 0.15) is 32.3 Å². The predicted molar refractivity (Wildman–Crippen MR) is 127 cm³/mol. The zero-order chi connectivity index (χ0) is 25.0. The number of carboxylic acids is 1. The van der Waals surface area contributed by atoms with Crippen LogP contribution in [0.15, 0.2) is 24.3 Å². The predicted octanol–water partition coefficient (Wildman–Crippen LogP) is 0.232. The molecule has 0 heterocycles. The van der Waals surface area contributed by atoms with Crippen molar-refractivity contribution >= 4 is 35.5 Å². The van der Waals surface area contributed by atoms with Crippen LogP contribution in [-0.2, 0) is 25.6 Å². The van der Waals surface area contributed by atoms with Crippen molar-refractivity contribution in [3.8, 4) is 5.75 Å². The fourth-order valence-corrected chi connectivity index (χ4v) is 3.46. The summed E-state index contributed by atoms with van der Waals surface area (Å²) in [6, 6.07) is 3.39. The van der Waals surface area contributed by atoms with Crippen molar-refractivity contribution in [2.24, 2.45) is 11.7 Å². The standard InChI is InChI=1S/C22H34N4O6S/c1-13(2)10-18(22(31)32)26-21(30)17(8-9-33-3)25-19(28)12-24-20(29)16(23)11-14-4-6-15(27)7-5-14/h4-7,13,16-18,27H,8-12,23H2,1-3H3,(H,24,29)(H,25,28)(H,26,30)(H,31,32). The van der Waals surface area contributed by atoms with E-state index in [1.807, 2.05) is 20.1 Å². The van der Waals surface area contributed by atoms with E-state index in [-0.39, 0.29) is 31.1 Å². The molecule has 3 atom stereocenters. The molecule has 1 aromatic carbocycles. The van der Waals surface area contributed by atoms with E-state index in [9.17, 15) is 29.4 Å². The minimum Gasteiger partial charge on any atom is -0.508 e. The van der Waals surface area contributed by atoms with Crippen molar-refractivity contribution in [1.82, 2.24) is 16.0 Å². The van der Waals surface area contributed by atoms with E-state index in [2.05, 4.69) is 16.0 Å². The second kappa shape index (κ2) is 14.4. The number of benzene rings is 1. The van der Waals surface area contributed by atoms with Crippen molar-refractivity contribution < 1.29 is 29.4 Å². The second-order valence-corrected chi connectivity index (χ2v) is 9.11. The summed E-state index contributed by atoms with van der Waals surface area (Å²) in [4.78, 5) is 48.6. The van der Waals surface area contributed by atoms with Gasteiger partial charge in [0.25, 0.3) is 0 Å². The number of amides is 3. The molecule has 0 aliphatic heterocycles. The SMILES string of the molecule is CSCCC(NC(=O)CNC(=O)C(N)Cc1ccc(O)cc1)C(=O)NC(CC(C)C)C(=O)O. The summed E-state index contributed by atoms with van der Waals surface area (Å²) in [5, 5.41) is 26.2. The number of carbonyl (C=O) groups is 4. The molecule has 0 radical (unpaired) electrons. The Hall–Kier alpha value is -2.79. The van der Waals surface area contributed by atoms with E-state index in [1.54, 1.807) is 12.1 Å². The van der Waals surface area contributed by atoms with Crippen molar-refractivity contribution in [2.75, 3.05) is 18.6 Å². The molecule has 0 bridgehead atoms. The smallest absolute Gasteiger partial charge is 0.326 e. The zero-order valence-corrected chi connectivity index (χ0v) is 20.0. The number of thioether (sulfide) groups is 1. The van der Waals surface area contributed by atoms with Crippen LogP contribution in [-0.4, -0.2) is 70.6 Å². The van der Waals surface area contributed by atoms with Crippen LogP contribution in [0.5, 0.6) is 5.75 Å². The Kier molecular flexibility index (Phi) is 12.3. The van der Waals surface area contributed by atoms with Gasteiger partial charge in [-0.05, 0) is 54.9 Å². The molecular formula is C22H34N4O6S. The Morgan fingerprint density at radius 1 is 1.03 bits per heavy atom. The third kappa shape index (κ3) is 11.1. The van der Waals surface area contributed by atoms with E-state index in [1.165, 1.54) is 23.9 Å². The summed E-state index contributed by atoms with van der Waals surface area (Å²) < 4.78 is 0. The van der Waals surface area contributed by atoms with E-state index >= 15 is 0 Å². The van der Waals surface area contributed by atoms with Gasteiger partial charge in [0.15, 0.2) is 0 Å². The highest BCUT2D eigenvalue weighted by Crippen LogP contribution is 2.11. The molecule has 10 nitrogen and oxygen atoms in total.